The van der Waals surface area contributed by atoms with Gasteiger partial charge >= 0.3 is 0 Å². The molecule has 0 saturated carbocycles. The van der Waals surface area contributed by atoms with E-state index < -0.39 is 0 Å². The number of alkyl halides is 1. The van der Waals surface area contributed by atoms with E-state index in [1.54, 1.807) is 20.4 Å². The summed E-state index contributed by atoms with van der Waals surface area (Å²) in [5.74, 6) is 2.22. The minimum atomic E-state index is 0.554. The van der Waals surface area contributed by atoms with Gasteiger partial charge in [-0.3, -0.25) is 9.88 Å². The number of aromatic nitrogens is 1. The molecule has 1 aliphatic rings. The molecule has 0 N–H and O–H groups in total. The zero-order chi connectivity index (χ0) is 13.8. The molecule has 0 aliphatic carbocycles. The molecule has 1 aromatic rings. The quantitative estimate of drug-likeness (QED) is 0.796. The molecule has 1 aromatic heterocycles. The van der Waals surface area contributed by atoms with Crippen molar-refractivity contribution in [1.29, 1.82) is 0 Å². The van der Waals surface area contributed by atoms with Gasteiger partial charge in [0.1, 0.15) is 5.69 Å². The van der Waals surface area contributed by atoms with Gasteiger partial charge in [0.2, 0.25) is 0 Å². The summed E-state index contributed by atoms with van der Waals surface area (Å²) in [5.41, 5.74) is 0.941. The number of hydrogen-bond acceptors (Lipinski definition) is 4. The second kappa shape index (κ2) is 6.57. The van der Waals surface area contributed by atoms with Crippen LogP contribution in [0.2, 0.25) is 0 Å². The third-order valence-corrected chi connectivity index (χ3v) is 4.88. The van der Waals surface area contributed by atoms with Crippen LogP contribution in [0.3, 0.4) is 0 Å². The topological polar surface area (TPSA) is 34.6 Å². The summed E-state index contributed by atoms with van der Waals surface area (Å²) < 4.78 is 10.7. The Labute approximate surface area is 123 Å². The van der Waals surface area contributed by atoms with E-state index in [9.17, 15) is 0 Å². The fraction of sp³-hybridized carbons (Fsp3) is 0.643. The van der Waals surface area contributed by atoms with Gasteiger partial charge in [-0.25, -0.2) is 0 Å². The Hall–Kier alpha value is -0.810. The molecule has 1 aliphatic heterocycles. The molecule has 2 heterocycles. The largest absolute Gasteiger partial charge is 0.493 e. The molecule has 2 rings (SSSR count). The van der Waals surface area contributed by atoms with Crippen LogP contribution in [0.15, 0.2) is 12.3 Å². The monoisotopic (exact) mass is 328 g/mol. The van der Waals surface area contributed by atoms with Crippen LogP contribution in [0.4, 0.5) is 0 Å². The zero-order valence-corrected chi connectivity index (χ0v) is 13.3. The second-order valence-corrected chi connectivity index (χ2v) is 6.19. The SMILES string of the molecule is COc1ccnc(CN2CCC(C)C(Br)C2)c1OC. The van der Waals surface area contributed by atoms with Crippen molar-refractivity contribution < 1.29 is 9.47 Å². The molecule has 0 bridgehead atoms. The number of likely N-dealkylation sites (tertiary alicyclic amines) is 1. The van der Waals surface area contributed by atoms with Crippen molar-refractivity contribution in [2.45, 2.75) is 24.7 Å². The van der Waals surface area contributed by atoms with Crippen LogP contribution in [0.5, 0.6) is 11.5 Å². The number of nitrogens with zero attached hydrogens (tertiary/aromatic N) is 2. The van der Waals surface area contributed by atoms with Gasteiger partial charge in [-0.2, -0.15) is 0 Å². The highest BCUT2D eigenvalue weighted by atomic mass is 79.9. The Morgan fingerprint density at radius 2 is 2.21 bits per heavy atom. The fourth-order valence-corrected chi connectivity index (χ4v) is 3.08. The first-order valence-electron chi connectivity index (χ1n) is 6.58. The summed E-state index contributed by atoms with van der Waals surface area (Å²) in [5, 5.41) is 0. The molecular weight excluding hydrogens is 308 g/mol. The first kappa shape index (κ1) is 14.6. The van der Waals surface area contributed by atoms with Crippen LogP contribution in [-0.4, -0.2) is 42.0 Å². The highest BCUT2D eigenvalue weighted by molar-refractivity contribution is 9.09. The summed E-state index contributed by atoms with van der Waals surface area (Å²) in [6, 6.07) is 1.83. The van der Waals surface area contributed by atoms with E-state index in [2.05, 4.69) is 32.7 Å². The highest BCUT2D eigenvalue weighted by Gasteiger charge is 2.25. The fourth-order valence-electron chi connectivity index (χ4n) is 2.40. The summed E-state index contributed by atoms with van der Waals surface area (Å²) >= 11 is 3.75. The zero-order valence-electron chi connectivity index (χ0n) is 11.7. The Morgan fingerprint density at radius 3 is 2.84 bits per heavy atom. The highest BCUT2D eigenvalue weighted by Crippen LogP contribution is 2.31. The van der Waals surface area contributed by atoms with E-state index in [1.807, 2.05) is 6.07 Å². The third kappa shape index (κ3) is 3.39. The summed E-state index contributed by atoms with van der Waals surface area (Å²) in [4.78, 5) is 7.39. The van der Waals surface area contributed by atoms with Crippen LogP contribution < -0.4 is 9.47 Å². The molecule has 19 heavy (non-hydrogen) atoms. The molecule has 0 amide bonds. The lowest BCUT2D eigenvalue weighted by Crippen LogP contribution is -2.39. The van der Waals surface area contributed by atoms with E-state index >= 15 is 0 Å². The van der Waals surface area contributed by atoms with Crippen LogP contribution in [-0.2, 0) is 6.54 Å². The number of ether oxygens (including phenoxy) is 2. The summed E-state index contributed by atoms with van der Waals surface area (Å²) in [7, 11) is 3.31. The van der Waals surface area contributed by atoms with Crippen LogP contribution >= 0.6 is 15.9 Å². The maximum atomic E-state index is 5.43. The van der Waals surface area contributed by atoms with E-state index in [0.29, 0.717) is 4.83 Å². The molecule has 0 radical (unpaired) electrons. The molecule has 106 valence electrons. The minimum absolute atomic E-state index is 0.554. The van der Waals surface area contributed by atoms with Gasteiger partial charge in [0, 0.05) is 30.2 Å². The Morgan fingerprint density at radius 1 is 1.42 bits per heavy atom. The first-order chi connectivity index (χ1) is 9.15. The van der Waals surface area contributed by atoms with Crippen LogP contribution in [0.25, 0.3) is 0 Å². The van der Waals surface area contributed by atoms with Crippen molar-refractivity contribution in [3.8, 4) is 11.5 Å². The van der Waals surface area contributed by atoms with Crippen LogP contribution in [0.1, 0.15) is 19.0 Å². The van der Waals surface area contributed by atoms with Crippen molar-refractivity contribution in [2.24, 2.45) is 5.92 Å². The Kier molecular flexibility index (Phi) is 5.05. The molecule has 5 heteroatoms. The molecule has 4 nitrogen and oxygen atoms in total. The predicted octanol–water partition coefficient (Wildman–Crippen LogP) is 2.70. The lowest BCUT2D eigenvalue weighted by molar-refractivity contribution is 0.189. The van der Waals surface area contributed by atoms with Crippen molar-refractivity contribution in [3.05, 3.63) is 18.0 Å². The first-order valence-corrected chi connectivity index (χ1v) is 7.49. The van der Waals surface area contributed by atoms with Gasteiger partial charge in [0.15, 0.2) is 11.5 Å². The van der Waals surface area contributed by atoms with Crippen molar-refractivity contribution in [3.63, 3.8) is 0 Å². The van der Waals surface area contributed by atoms with Crippen molar-refractivity contribution >= 4 is 15.9 Å². The lowest BCUT2D eigenvalue weighted by Gasteiger charge is -2.34. The molecular formula is C14H21BrN2O2. The van der Waals surface area contributed by atoms with Gasteiger partial charge in [-0.1, -0.05) is 22.9 Å². The molecule has 0 spiro atoms. The standard InChI is InChI=1S/C14H21BrN2O2/c1-10-5-7-17(8-11(10)15)9-12-14(19-3)13(18-2)4-6-16-12/h4,6,10-11H,5,7-9H2,1-3H3. The van der Waals surface area contributed by atoms with Gasteiger partial charge < -0.3 is 9.47 Å². The minimum Gasteiger partial charge on any atom is -0.493 e. The number of methoxy groups -OCH3 is 2. The van der Waals surface area contributed by atoms with Gasteiger partial charge in [-0.15, -0.1) is 0 Å². The number of halogens is 1. The van der Waals surface area contributed by atoms with Crippen molar-refractivity contribution in [2.75, 3.05) is 27.3 Å². The second-order valence-electron chi connectivity index (χ2n) is 5.01. The summed E-state index contributed by atoms with van der Waals surface area (Å²) in [6.45, 7) is 5.24. The number of piperidine rings is 1. The number of pyridine rings is 1. The maximum absolute atomic E-state index is 5.43. The molecule has 2 unspecified atom stereocenters. The van der Waals surface area contributed by atoms with Gasteiger partial charge in [0.25, 0.3) is 0 Å². The van der Waals surface area contributed by atoms with E-state index in [1.165, 1.54) is 6.42 Å². The Bertz CT molecular complexity index is 428. The molecule has 0 aromatic carbocycles. The number of hydrogen-bond donors (Lipinski definition) is 0. The molecule has 1 fully saturated rings. The van der Waals surface area contributed by atoms with E-state index in [-0.39, 0.29) is 0 Å². The van der Waals surface area contributed by atoms with E-state index in [4.69, 9.17) is 9.47 Å². The van der Waals surface area contributed by atoms with Crippen LogP contribution in [0, 0.1) is 5.92 Å². The normalized spacial score (nSPS) is 24.2. The molecule has 1 saturated heterocycles. The average molecular weight is 329 g/mol. The lowest BCUT2D eigenvalue weighted by atomic mass is 9.99. The van der Waals surface area contributed by atoms with Gasteiger partial charge in [0.05, 0.1) is 14.2 Å². The van der Waals surface area contributed by atoms with Crippen molar-refractivity contribution in [1.82, 2.24) is 9.88 Å². The molecule has 2 atom stereocenters. The smallest absolute Gasteiger partial charge is 0.183 e. The number of rotatable bonds is 4. The maximum Gasteiger partial charge on any atom is 0.183 e. The predicted molar refractivity (Wildman–Crippen MR) is 79.1 cm³/mol. The van der Waals surface area contributed by atoms with E-state index in [0.717, 1.165) is 42.7 Å². The summed E-state index contributed by atoms with van der Waals surface area (Å²) in [6.07, 6.45) is 2.98. The van der Waals surface area contributed by atoms with Gasteiger partial charge in [-0.05, 0) is 18.9 Å². The Balaban J connectivity index is 2.11. The average Bonchev–Trinajstić information content (AvgIpc) is 2.42. The third-order valence-electron chi connectivity index (χ3n) is 3.69.